The van der Waals surface area contributed by atoms with Crippen molar-refractivity contribution in [2.45, 2.75) is 45.6 Å². The van der Waals surface area contributed by atoms with E-state index in [1.807, 2.05) is 31.2 Å². The van der Waals surface area contributed by atoms with Gasteiger partial charge in [-0.2, -0.15) is 0 Å². The van der Waals surface area contributed by atoms with Crippen LogP contribution in [0, 0.1) is 5.92 Å². The number of rotatable bonds is 5. The number of carbonyl (C=O) groups excluding carboxylic acids is 1. The van der Waals surface area contributed by atoms with Gasteiger partial charge in [0.05, 0.1) is 12.2 Å². The van der Waals surface area contributed by atoms with Gasteiger partial charge in [-0.3, -0.25) is 0 Å². The molecular weight excluding hydrogens is 238 g/mol. The first-order chi connectivity index (χ1) is 9.22. The Kier molecular flexibility index (Phi) is 4.83. The third kappa shape index (κ3) is 3.49. The highest BCUT2D eigenvalue weighted by Gasteiger charge is 2.22. The lowest BCUT2D eigenvalue weighted by molar-refractivity contribution is 0.0527. The maximum Gasteiger partial charge on any atom is 0.340 e. The molecular formula is C16H23NO2. The summed E-state index contributed by atoms with van der Waals surface area (Å²) in [6.45, 7) is 4.44. The van der Waals surface area contributed by atoms with Crippen LogP contribution >= 0.6 is 0 Å². The van der Waals surface area contributed by atoms with Gasteiger partial charge in [-0.25, -0.2) is 4.79 Å². The molecule has 0 radical (unpaired) electrons. The van der Waals surface area contributed by atoms with Crippen LogP contribution in [0.15, 0.2) is 24.3 Å². The Morgan fingerprint density at radius 3 is 2.74 bits per heavy atom. The molecule has 3 nitrogen and oxygen atoms in total. The molecule has 1 unspecified atom stereocenters. The first-order valence-electron chi connectivity index (χ1n) is 7.25. The van der Waals surface area contributed by atoms with Crippen molar-refractivity contribution in [3.05, 3.63) is 29.8 Å². The SMILES string of the molecule is CCOC(=O)c1ccccc1NC(C)C1CCCC1. The highest BCUT2D eigenvalue weighted by atomic mass is 16.5. The summed E-state index contributed by atoms with van der Waals surface area (Å²) in [5.74, 6) is 0.472. The van der Waals surface area contributed by atoms with Crippen LogP contribution in [0.1, 0.15) is 49.9 Å². The second kappa shape index (κ2) is 6.60. The van der Waals surface area contributed by atoms with Crippen molar-refractivity contribution < 1.29 is 9.53 Å². The molecule has 0 bridgehead atoms. The summed E-state index contributed by atoms with van der Waals surface area (Å²) in [6.07, 6.45) is 5.23. The summed E-state index contributed by atoms with van der Waals surface area (Å²) in [7, 11) is 0. The van der Waals surface area contributed by atoms with Crippen molar-refractivity contribution in [3.63, 3.8) is 0 Å². The fourth-order valence-electron chi connectivity index (χ4n) is 2.82. The minimum Gasteiger partial charge on any atom is -0.462 e. The van der Waals surface area contributed by atoms with E-state index in [4.69, 9.17) is 4.74 Å². The molecule has 1 N–H and O–H groups in total. The predicted octanol–water partition coefficient (Wildman–Crippen LogP) is 3.85. The molecule has 1 aromatic rings. The number of hydrogen-bond donors (Lipinski definition) is 1. The number of hydrogen-bond acceptors (Lipinski definition) is 3. The van der Waals surface area contributed by atoms with E-state index >= 15 is 0 Å². The van der Waals surface area contributed by atoms with Crippen LogP contribution in [0.5, 0.6) is 0 Å². The van der Waals surface area contributed by atoms with Crippen molar-refractivity contribution in [2.24, 2.45) is 5.92 Å². The van der Waals surface area contributed by atoms with Crippen molar-refractivity contribution in [2.75, 3.05) is 11.9 Å². The normalized spacial score (nSPS) is 17.2. The molecule has 1 aromatic carbocycles. The quantitative estimate of drug-likeness (QED) is 0.818. The summed E-state index contributed by atoms with van der Waals surface area (Å²) in [5, 5.41) is 3.49. The third-order valence-electron chi connectivity index (χ3n) is 3.91. The topological polar surface area (TPSA) is 38.3 Å². The van der Waals surface area contributed by atoms with E-state index in [0.717, 1.165) is 11.6 Å². The first kappa shape index (κ1) is 13.9. The Balaban J connectivity index is 2.08. The Hall–Kier alpha value is -1.51. The second-order valence-electron chi connectivity index (χ2n) is 5.24. The lowest BCUT2D eigenvalue weighted by atomic mass is 9.99. The van der Waals surface area contributed by atoms with Crippen LogP contribution in [-0.4, -0.2) is 18.6 Å². The largest absolute Gasteiger partial charge is 0.462 e. The molecule has 1 aliphatic carbocycles. The summed E-state index contributed by atoms with van der Waals surface area (Å²) in [4.78, 5) is 11.9. The zero-order valence-electron chi connectivity index (χ0n) is 11.8. The molecule has 1 aliphatic rings. The number of esters is 1. The molecule has 0 spiro atoms. The molecule has 104 valence electrons. The van der Waals surface area contributed by atoms with Crippen LogP contribution in [0.25, 0.3) is 0 Å². The maximum absolute atomic E-state index is 11.9. The molecule has 3 heteroatoms. The average Bonchev–Trinajstić information content (AvgIpc) is 2.93. The summed E-state index contributed by atoms with van der Waals surface area (Å²) < 4.78 is 5.10. The standard InChI is InChI=1S/C16H23NO2/c1-3-19-16(18)14-10-6-7-11-15(14)17-12(2)13-8-4-5-9-13/h6-7,10-13,17H,3-5,8-9H2,1-2H3. The Labute approximate surface area is 115 Å². The molecule has 0 aromatic heterocycles. The van der Waals surface area contributed by atoms with Gasteiger partial charge in [0, 0.05) is 11.7 Å². The van der Waals surface area contributed by atoms with Gasteiger partial charge in [0.1, 0.15) is 0 Å². The second-order valence-corrected chi connectivity index (χ2v) is 5.24. The molecule has 1 atom stereocenters. The van der Waals surface area contributed by atoms with E-state index in [1.54, 1.807) is 0 Å². The van der Waals surface area contributed by atoms with E-state index < -0.39 is 0 Å². The van der Waals surface area contributed by atoms with Gasteiger partial charge in [-0.1, -0.05) is 25.0 Å². The van der Waals surface area contributed by atoms with Gasteiger partial charge in [0.25, 0.3) is 0 Å². The molecule has 1 fully saturated rings. The van der Waals surface area contributed by atoms with Crippen molar-refractivity contribution in [3.8, 4) is 0 Å². The lowest BCUT2D eigenvalue weighted by Gasteiger charge is -2.22. The molecule has 1 saturated carbocycles. The summed E-state index contributed by atoms with van der Waals surface area (Å²) in [6, 6.07) is 8.00. The zero-order chi connectivity index (χ0) is 13.7. The number of ether oxygens (including phenoxy) is 1. The maximum atomic E-state index is 11.9. The monoisotopic (exact) mass is 261 g/mol. The number of anilines is 1. The minimum absolute atomic E-state index is 0.246. The molecule has 19 heavy (non-hydrogen) atoms. The number of nitrogens with one attached hydrogen (secondary N) is 1. The summed E-state index contributed by atoms with van der Waals surface area (Å²) >= 11 is 0. The van der Waals surface area contributed by atoms with Crippen molar-refractivity contribution in [1.82, 2.24) is 0 Å². The van der Waals surface area contributed by atoms with Gasteiger partial charge >= 0.3 is 5.97 Å². The predicted molar refractivity (Wildman–Crippen MR) is 77.4 cm³/mol. The van der Waals surface area contributed by atoms with Crippen LogP contribution in [-0.2, 0) is 4.74 Å². The van der Waals surface area contributed by atoms with Gasteiger partial charge in [0.2, 0.25) is 0 Å². The minimum atomic E-state index is -0.246. The Morgan fingerprint density at radius 2 is 2.05 bits per heavy atom. The molecule has 0 amide bonds. The van der Waals surface area contributed by atoms with Crippen molar-refractivity contribution >= 4 is 11.7 Å². The zero-order valence-corrected chi connectivity index (χ0v) is 11.8. The van der Waals surface area contributed by atoms with Crippen LogP contribution < -0.4 is 5.32 Å². The lowest BCUT2D eigenvalue weighted by Crippen LogP contribution is -2.25. The van der Waals surface area contributed by atoms with Crippen LogP contribution in [0.2, 0.25) is 0 Å². The van der Waals surface area contributed by atoms with Gasteiger partial charge < -0.3 is 10.1 Å². The fraction of sp³-hybridized carbons (Fsp3) is 0.562. The third-order valence-corrected chi connectivity index (χ3v) is 3.91. The molecule has 0 saturated heterocycles. The van der Waals surface area contributed by atoms with Gasteiger partial charge in [-0.05, 0) is 44.7 Å². The van der Waals surface area contributed by atoms with Crippen molar-refractivity contribution in [1.29, 1.82) is 0 Å². The fourth-order valence-corrected chi connectivity index (χ4v) is 2.82. The highest BCUT2D eigenvalue weighted by molar-refractivity contribution is 5.95. The number of para-hydroxylation sites is 1. The number of benzene rings is 1. The highest BCUT2D eigenvalue weighted by Crippen LogP contribution is 2.30. The van der Waals surface area contributed by atoms with Gasteiger partial charge in [-0.15, -0.1) is 0 Å². The smallest absolute Gasteiger partial charge is 0.340 e. The van der Waals surface area contributed by atoms with E-state index in [2.05, 4.69) is 12.2 Å². The average molecular weight is 261 g/mol. The van der Waals surface area contributed by atoms with E-state index in [0.29, 0.717) is 18.2 Å². The first-order valence-corrected chi connectivity index (χ1v) is 7.25. The van der Waals surface area contributed by atoms with E-state index in [-0.39, 0.29) is 5.97 Å². The van der Waals surface area contributed by atoms with Crippen LogP contribution in [0.4, 0.5) is 5.69 Å². The molecule has 2 rings (SSSR count). The van der Waals surface area contributed by atoms with Gasteiger partial charge in [0.15, 0.2) is 0 Å². The van der Waals surface area contributed by atoms with E-state index in [9.17, 15) is 4.79 Å². The Bertz CT molecular complexity index is 425. The Morgan fingerprint density at radius 1 is 1.37 bits per heavy atom. The molecule has 0 heterocycles. The van der Waals surface area contributed by atoms with Crippen LogP contribution in [0.3, 0.4) is 0 Å². The van der Waals surface area contributed by atoms with E-state index in [1.165, 1.54) is 25.7 Å². The molecule has 0 aliphatic heterocycles. The summed E-state index contributed by atoms with van der Waals surface area (Å²) in [5.41, 5.74) is 1.52. The number of carbonyl (C=O) groups is 1.